The Kier molecular flexibility index (Phi) is 4.42. The van der Waals surface area contributed by atoms with Gasteiger partial charge in [-0.1, -0.05) is 35.9 Å². The maximum Gasteiger partial charge on any atom is 0.165 e. The lowest BCUT2D eigenvalue weighted by Crippen LogP contribution is -1.94. The molecule has 1 heterocycles. The first-order valence-corrected chi connectivity index (χ1v) is 8.41. The SMILES string of the molecule is Fc1ccccc1Oc1ccc(Nc2ccc3cccc(Cl)c3n2)cc1. The minimum Gasteiger partial charge on any atom is -0.454 e. The van der Waals surface area contributed by atoms with E-state index in [1.54, 1.807) is 30.3 Å². The zero-order valence-electron chi connectivity index (χ0n) is 13.6. The van der Waals surface area contributed by atoms with Crippen LogP contribution in [0.5, 0.6) is 11.5 Å². The summed E-state index contributed by atoms with van der Waals surface area (Å²) in [6, 6.07) is 23.1. The Hall–Kier alpha value is -3.11. The number of nitrogens with zero attached hydrogens (tertiary/aromatic N) is 1. The molecule has 0 fully saturated rings. The lowest BCUT2D eigenvalue weighted by atomic mass is 10.2. The number of halogens is 2. The third kappa shape index (κ3) is 3.46. The summed E-state index contributed by atoms with van der Waals surface area (Å²) in [5.74, 6) is 1.04. The molecule has 0 saturated heterocycles. The fourth-order valence-electron chi connectivity index (χ4n) is 2.59. The molecule has 0 aliphatic rings. The van der Waals surface area contributed by atoms with Crippen LogP contribution in [0.15, 0.2) is 78.9 Å². The van der Waals surface area contributed by atoms with Gasteiger partial charge in [0, 0.05) is 11.1 Å². The van der Waals surface area contributed by atoms with E-state index in [0.717, 1.165) is 16.6 Å². The molecule has 3 nitrogen and oxygen atoms in total. The largest absolute Gasteiger partial charge is 0.454 e. The number of aromatic nitrogens is 1. The highest BCUT2D eigenvalue weighted by atomic mass is 35.5. The second-order valence-electron chi connectivity index (χ2n) is 5.69. The summed E-state index contributed by atoms with van der Waals surface area (Å²) in [7, 11) is 0. The van der Waals surface area contributed by atoms with Gasteiger partial charge in [0.05, 0.1) is 10.5 Å². The maximum atomic E-state index is 13.6. The number of fused-ring (bicyclic) bond motifs is 1. The van der Waals surface area contributed by atoms with Gasteiger partial charge in [0.25, 0.3) is 0 Å². The van der Waals surface area contributed by atoms with E-state index < -0.39 is 5.82 Å². The molecule has 0 bridgehead atoms. The molecule has 1 aromatic heterocycles. The molecule has 1 N–H and O–H groups in total. The van der Waals surface area contributed by atoms with Crippen molar-refractivity contribution >= 4 is 34.0 Å². The van der Waals surface area contributed by atoms with Crippen LogP contribution in [0.2, 0.25) is 5.02 Å². The van der Waals surface area contributed by atoms with Crippen LogP contribution in [0, 0.1) is 5.82 Å². The molecule has 0 saturated carbocycles. The maximum absolute atomic E-state index is 13.6. The van der Waals surface area contributed by atoms with Crippen molar-refractivity contribution in [2.45, 2.75) is 0 Å². The highest BCUT2D eigenvalue weighted by Gasteiger charge is 2.05. The van der Waals surface area contributed by atoms with Crippen LogP contribution in [0.4, 0.5) is 15.9 Å². The average molecular weight is 365 g/mol. The van der Waals surface area contributed by atoms with Crippen molar-refractivity contribution in [1.82, 2.24) is 4.98 Å². The van der Waals surface area contributed by atoms with Crippen molar-refractivity contribution < 1.29 is 9.13 Å². The minimum absolute atomic E-state index is 0.194. The average Bonchev–Trinajstić information content (AvgIpc) is 2.66. The number of rotatable bonds is 4. The molecule has 4 rings (SSSR count). The first-order valence-electron chi connectivity index (χ1n) is 8.04. The van der Waals surface area contributed by atoms with E-state index in [1.165, 1.54) is 6.07 Å². The van der Waals surface area contributed by atoms with Crippen LogP contribution in [-0.4, -0.2) is 4.98 Å². The summed E-state index contributed by atoms with van der Waals surface area (Å²) in [5.41, 5.74) is 1.59. The highest BCUT2D eigenvalue weighted by Crippen LogP contribution is 2.27. The molecule has 0 unspecified atom stereocenters. The number of hydrogen-bond acceptors (Lipinski definition) is 3. The van der Waals surface area contributed by atoms with Crippen LogP contribution in [0.25, 0.3) is 10.9 Å². The Bertz CT molecular complexity index is 1070. The third-order valence-corrected chi connectivity index (χ3v) is 4.17. The van der Waals surface area contributed by atoms with Crippen molar-refractivity contribution in [1.29, 1.82) is 0 Å². The monoisotopic (exact) mass is 364 g/mol. The number of benzene rings is 3. The van der Waals surface area contributed by atoms with Crippen LogP contribution >= 0.6 is 11.6 Å². The van der Waals surface area contributed by atoms with Crippen molar-refractivity contribution in [3.63, 3.8) is 0 Å². The van der Waals surface area contributed by atoms with Gasteiger partial charge < -0.3 is 10.1 Å². The number of hydrogen-bond donors (Lipinski definition) is 1. The topological polar surface area (TPSA) is 34.1 Å². The molecule has 3 aromatic carbocycles. The Morgan fingerprint density at radius 1 is 0.846 bits per heavy atom. The van der Waals surface area contributed by atoms with E-state index in [9.17, 15) is 4.39 Å². The highest BCUT2D eigenvalue weighted by molar-refractivity contribution is 6.35. The predicted octanol–water partition coefficient (Wildman–Crippen LogP) is 6.56. The fraction of sp³-hybridized carbons (Fsp3) is 0. The Morgan fingerprint density at radius 2 is 1.65 bits per heavy atom. The van der Waals surface area contributed by atoms with Crippen molar-refractivity contribution in [3.8, 4) is 11.5 Å². The summed E-state index contributed by atoms with van der Waals surface area (Å²) in [6.07, 6.45) is 0. The molecule has 4 aromatic rings. The second kappa shape index (κ2) is 7.02. The second-order valence-corrected chi connectivity index (χ2v) is 6.10. The van der Waals surface area contributed by atoms with Crippen molar-refractivity contribution in [2.24, 2.45) is 0 Å². The quantitative estimate of drug-likeness (QED) is 0.445. The third-order valence-electron chi connectivity index (χ3n) is 3.86. The molecule has 5 heteroatoms. The van der Waals surface area contributed by atoms with E-state index in [2.05, 4.69) is 10.3 Å². The zero-order chi connectivity index (χ0) is 17.9. The number of anilines is 2. The molecule has 0 atom stereocenters. The first kappa shape index (κ1) is 16.4. The minimum atomic E-state index is -0.396. The van der Waals surface area contributed by atoms with E-state index in [1.807, 2.05) is 42.5 Å². The van der Waals surface area contributed by atoms with Gasteiger partial charge in [-0.15, -0.1) is 0 Å². The molecular formula is C21H14ClFN2O. The number of pyridine rings is 1. The number of ether oxygens (including phenoxy) is 1. The van der Waals surface area contributed by atoms with Gasteiger partial charge in [0.15, 0.2) is 11.6 Å². The van der Waals surface area contributed by atoms with Crippen LogP contribution in [0.3, 0.4) is 0 Å². The van der Waals surface area contributed by atoms with Crippen LogP contribution < -0.4 is 10.1 Å². The van der Waals surface area contributed by atoms with Gasteiger partial charge in [-0.3, -0.25) is 0 Å². The van der Waals surface area contributed by atoms with Gasteiger partial charge in [0.2, 0.25) is 0 Å². The van der Waals surface area contributed by atoms with Gasteiger partial charge in [0.1, 0.15) is 11.6 Å². The van der Waals surface area contributed by atoms with Gasteiger partial charge >= 0.3 is 0 Å². The van der Waals surface area contributed by atoms with Crippen LogP contribution in [0.1, 0.15) is 0 Å². The molecule has 128 valence electrons. The molecule has 0 amide bonds. The fourth-order valence-corrected chi connectivity index (χ4v) is 2.81. The standard InChI is InChI=1S/C21H14ClFN2O/c22-17-5-3-4-14-8-13-20(25-21(14)17)24-15-9-11-16(12-10-15)26-19-7-2-1-6-18(19)23/h1-13H,(H,24,25). The lowest BCUT2D eigenvalue weighted by molar-refractivity contribution is 0.442. The molecule has 26 heavy (non-hydrogen) atoms. The van der Waals surface area contributed by atoms with Crippen molar-refractivity contribution in [3.05, 3.63) is 89.7 Å². The van der Waals surface area contributed by atoms with Gasteiger partial charge in [-0.2, -0.15) is 0 Å². The summed E-state index contributed by atoms with van der Waals surface area (Å²) in [4.78, 5) is 4.55. The molecular weight excluding hydrogens is 351 g/mol. The number of para-hydroxylation sites is 2. The predicted molar refractivity (Wildman–Crippen MR) is 103 cm³/mol. The summed E-state index contributed by atoms with van der Waals surface area (Å²) >= 11 is 6.21. The van der Waals surface area contributed by atoms with E-state index in [-0.39, 0.29) is 5.75 Å². The van der Waals surface area contributed by atoms with Crippen LogP contribution in [-0.2, 0) is 0 Å². The van der Waals surface area contributed by atoms with E-state index in [0.29, 0.717) is 16.6 Å². The molecule has 0 aliphatic carbocycles. The Morgan fingerprint density at radius 3 is 2.46 bits per heavy atom. The van der Waals surface area contributed by atoms with E-state index >= 15 is 0 Å². The normalized spacial score (nSPS) is 10.7. The lowest BCUT2D eigenvalue weighted by Gasteiger charge is -2.10. The Labute approximate surface area is 155 Å². The summed E-state index contributed by atoms with van der Waals surface area (Å²) in [6.45, 7) is 0. The van der Waals surface area contributed by atoms with E-state index in [4.69, 9.17) is 16.3 Å². The number of nitrogens with one attached hydrogen (secondary N) is 1. The van der Waals surface area contributed by atoms with Gasteiger partial charge in [-0.05, 0) is 54.6 Å². The zero-order valence-corrected chi connectivity index (χ0v) is 14.4. The molecule has 0 aliphatic heterocycles. The smallest absolute Gasteiger partial charge is 0.165 e. The van der Waals surface area contributed by atoms with Crippen molar-refractivity contribution in [2.75, 3.05) is 5.32 Å². The molecule has 0 spiro atoms. The summed E-state index contributed by atoms with van der Waals surface area (Å²) in [5, 5.41) is 4.82. The molecule has 0 radical (unpaired) electrons. The first-order chi connectivity index (χ1) is 12.7. The Balaban J connectivity index is 1.52. The summed E-state index contributed by atoms with van der Waals surface area (Å²) < 4.78 is 19.2. The van der Waals surface area contributed by atoms with Gasteiger partial charge in [-0.25, -0.2) is 9.37 Å².